The molecule has 0 saturated carbocycles. The summed E-state index contributed by atoms with van der Waals surface area (Å²) >= 11 is 1.94. The van der Waals surface area contributed by atoms with E-state index in [1.54, 1.807) is 0 Å². The van der Waals surface area contributed by atoms with Gasteiger partial charge in [-0.3, -0.25) is 0 Å². The van der Waals surface area contributed by atoms with Crippen molar-refractivity contribution in [3.63, 3.8) is 0 Å². The summed E-state index contributed by atoms with van der Waals surface area (Å²) in [6, 6.07) is 4.53. The summed E-state index contributed by atoms with van der Waals surface area (Å²) in [6.07, 6.45) is 7.13. The maximum absolute atomic E-state index is 2.36. The predicted octanol–water partition coefficient (Wildman–Crippen LogP) is 6.02. The van der Waals surface area contributed by atoms with Crippen LogP contribution >= 0.6 is 11.3 Å². The first-order chi connectivity index (χ1) is 8.16. The summed E-state index contributed by atoms with van der Waals surface area (Å²) in [7, 11) is 0. The quantitative estimate of drug-likeness (QED) is 0.600. The van der Waals surface area contributed by atoms with Gasteiger partial charge in [-0.05, 0) is 43.4 Å². The van der Waals surface area contributed by atoms with Crippen LogP contribution in [0.4, 0.5) is 0 Å². The molecule has 2 rings (SSSR count). The first-order valence-electron chi connectivity index (χ1n) is 6.64. The van der Waals surface area contributed by atoms with Crippen molar-refractivity contribution in [2.45, 2.75) is 53.4 Å². The molecule has 0 N–H and O–H groups in total. The van der Waals surface area contributed by atoms with Crippen molar-refractivity contribution < 1.29 is 0 Å². The van der Waals surface area contributed by atoms with Gasteiger partial charge in [0.15, 0.2) is 0 Å². The number of hydrogen-bond acceptors (Lipinski definition) is 1. The zero-order valence-electron chi connectivity index (χ0n) is 11.7. The molecule has 1 aliphatic rings. The molecule has 0 fully saturated rings. The van der Waals surface area contributed by atoms with Crippen LogP contribution in [-0.4, -0.2) is 0 Å². The lowest BCUT2D eigenvalue weighted by molar-refractivity contribution is 0.890. The molecule has 0 radical (unpaired) electrons. The second-order valence-electron chi connectivity index (χ2n) is 4.55. The van der Waals surface area contributed by atoms with Gasteiger partial charge in [0.05, 0.1) is 0 Å². The third-order valence-electron chi connectivity index (χ3n) is 2.79. The molecule has 0 atom stereocenters. The van der Waals surface area contributed by atoms with Crippen molar-refractivity contribution >= 4 is 16.9 Å². The van der Waals surface area contributed by atoms with Crippen LogP contribution in [0, 0.1) is 0 Å². The lowest BCUT2D eigenvalue weighted by Crippen LogP contribution is -1.87. The summed E-state index contributed by atoms with van der Waals surface area (Å²) in [5, 5.41) is 0. The highest BCUT2D eigenvalue weighted by atomic mass is 32.1. The van der Waals surface area contributed by atoms with Crippen LogP contribution in [0.15, 0.2) is 29.9 Å². The zero-order valence-corrected chi connectivity index (χ0v) is 12.5. The largest absolute Gasteiger partial charge is 0.140 e. The fourth-order valence-corrected chi connectivity index (χ4v) is 2.86. The summed E-state index contributed by atoms with van der Waals surface area (Å²) in [4.78, 5) is 2.92. The third-order valence-corrected chi connectivity index (χ3v) is 4.22. The van der Waals surface area contributed by atoms with Crippen molar-refractivity contribution in [2.24, 2.45) is 0 Å². The number of allylic oxidation sites excluding steroid dienone is 4. The van der Waals surface area contributed by atoms with Crippen LogP contribution in [0.2, 0.25) is 0 Å². The molecule has 94 valence electrons. The molecule has 1 heteroatoms. The van der Waals surface area contributed by atoms with Gasteiger partial charge in [0, 0.05) is 9.75 Å². The average molecular weight is 248 g/mol. The summed E-state index contributed by atoms with van der Waals surface area (Å²) in [5.41, 5.74) is 2.93. The van der Waals surface area contributed by atoms with E-state index >= 15 is 0 Å². The van der Waals surface area contributed by atoms with E-state index in [1.807, 2.05) is 25.2 Å². The predicted molar refractivity (Wildman–Crippen MR) is 80.7 cm³/mol. The van der Waals surface area contributed by atoms with E-state index in [1.165, 1.54) is 33.7 Å². The number of thiophene rings is 1. The van der Waals surface area contributed by atoms with Crippen LogP contribution in [0.25, 0.3) is 5.57 Å². The summed E-state index contributed by atoms with van der Waals surface area (Å²) < 4.78 is 0. The van der Waals surface area contributed by atoms with Gasteiger partial charge >= 0.3 is 0 Å². The Kier molecular flexibility index (Phi) is 5.70. The molecule has 0 amide bonds. The molecular weight excluding hydrogens is 224 g/mol. The van der Waals surface area contributed by atoms with Crippen LogP contribution in [0.1, 0.15) is 63.1 Å². The van der Waals surface area contributed by atoms with Crippen LogP contribution in [-0.2, 0) is 0 Å². The molecule has 0 nitrogen and oxygen atoms in total. The van der Waals surface area contributed by atoms with E-state index in [9.17, 15) is 0 Å². The second kappa shape index (κ2) is 6.80. The Morgan fingerprint density at radius 1 is 1.18 bits per heavy atom. The lowest BCUT2D eigenvalue weighted by Gasteiger charge is -2.08. The van der Waals surface area contributed by atoms with Crippen LogP contribution in [0.3, 0.4) is 0 Å². The Labute approximate surface area is 110 Å². The van der Waals surface area contributed by atoms with Crippen LogP contribution < -0.4 is 0 Å². The van der Waals surface area contributed by atoms with E-state index < -0.39 is 0 Å². The fraction of sp³-hybridized carbons (Fsp3) is 0.500. The smallest absolute Gasteiger partial charge is 0.0342 e. The van der Waals surface area contributed by atoms with Crippen molar-refractivity contribution in [1.29, 1.82) is 0 Å². The summed E-state index contributed by atoms with van der Waals surface area (Å²) in [6.45, 7) is 10.7. The molecule has 0 unspecified atom stereocenters. The molecule has 1 aromatic heterocycles. The molecule has 17 heavy (non-hydrogen) atoms. The lowest BCUT2D eigenvalue weighted by atomic mass is 10.00. The van der Waals surface area contributed by atoms with E-state index in [2.05, 4.69) is 45.1 Å². The van der Waals surface area contributed by atoms with Gasteiger partial charge in [-0.15, -0.1) is 11.3 Å². The van der Waals surface area contributed by atoms with E-state index in [0.29, 0.717) is 5.92 Å². The van der Waals surface area contributed by atoms with Gasteiger partial charge in [-0.1, -0.05) is 45.4 Å². The Hall–Kier alpha value is -0.820. The highest BCUT2D eigenvalue weighted by Gasteiger charge is 2.08. The minimum Gasteiger partial charge on any atom is -0.140 e. The fourth-order valence-electron chi connectivity index (χ4n) is 1.84. The first-order valence-corrected chi connectivity index (χ1v) is 7.46. The molecule has 1 aromatic rings. The molecule has 0 bridgehead atoms. The Balaban J connectivity index is 0.000000686. The first kappa shape index (κ1) is 14.2. The van der Waals surface area contributed by atoms with Gasteiger partial charge in [0.2, 0.25) is 0 Å². The topological polar surface area (TPSA) is 0 Å². The SMILES string of the molecule is CC.CC1=CC(c2ccc(C(C)C)s2)=CCC1. The van der Waals surface area contributed by atoms with Gasteiger partial charge in [-0.25, -0.2) is 0 Å². The standard InChI is InChI=1S/C14H18S.C2H6/c1-10(2)13-7-8-14(15-13)12-6-4-5-11(3)9-12;1-2/h6-10H,4-5H2,1-3H3;1-2H3. The van der Waals surface area contributed by atoms with Crippen molar-refractivity contribution in [3.05, 3.63) is 39.6 Å². The third kappa shape index (κ3) is 3.85. The molecular formula is C16H24S. The van der Waals surface area contributed by atoms with Crippen molar-refractivity contribution in [2.75, 3.05) is 0 Å². The number of hydrogen-bond donors (Lipinski definition) is 0. The van der Waals surface area contributed by atoms with Crippen molar-refractivity contribution in [1.82, 2.24) is 0 Å². The molecule has 0 aromatic carbocycles. The van der Waals surface area contributed by atoms with E-state index in [0.717, 1.165) is 0 Å². The Morgan fingerprint density at radius 2 is 1.88 bits per heavy atom. The summed E-state index contributed by atoms with van der Waals surface area (Å²) in [5.74, 6) is 0.651. The van der Waals surface area contributed by atoms with Gasteiger partial charge in [0.25, 0.3) is 0 Å². The highest BCUT2D eigenvalue weighted by molar-refractivity contribution is 7.13. The number of rotatable bonds is 2. The minimum absolute atomic E-state index is 0.651. The molecule has 1 heterocycles. The Bertz CT molecular complexity index is 405. The van der Waals surface area contributed by atoms with E-state index in [4.69, 9.17) is 0 Å². The maximum Gasteiger partial charge on any atom is 0.0342 e. The zero-order chi connectivity index (χ0) is 12.8. The van der Waals surface area contributed by atoms with Gasteiger partial charge < -0.3 is 0 Å². The normalized spacial score (nSPS) is 14.9. The molecule has 0 saturated heterocycles. The second-order valence-corrected chi connectivity index (χ2v) is 5.66. The van der Waals surface area contributed by atoms with Crippen LogP contribution in [0.5, 0.6) is 0 Å². The van der Waals surface area contributed by atoms with Gasteiger partial charge in [0.1, 0.15) is 0 Å². The minimum atomic E-state index is 0.651. The van der Waals surface area contributed by atoms with E-state index in [-0.39, 0.29) is 0 Å². The maximum atomic E-state index is 2.36. The average Bonchev–Trinajstić information content (AvgIpc) is 2.81. The molecule has 0 aliphatic heterocycles. The molecule has 1 aliphatic carbocycles. The monoisotopic (exact) mass is 248 g/mol. The molecule has 0 spiro atoms. The Morgan fingerprint density at radius 3 is 2.41 bits per heavy atom. The highest BCUT2D eigenvalue weighted by Crippen LogP contribution is 2.32. The van der Waals surface area contributed by atoms with Gasteiger partial charge in [-0.2, -0.15) is 0 Å². The van der Waals surface area contributed by atoms with Crippen molar-refractivity contribution in [3.8, 4) is 0 Å².